The average molecular weight is 478 g/mol. The summed E-state index contributed by atoms with van der Waals surface area (Å²) in [6.45, 7) is 0. The van der Waals surface area contributed by atoms with E-state index in [4.69, 9.17) is 23.2 Å². The van der Waals surface area contributed by atoms with Gasteiger partial charge in [0.25, 0.3) is 5.91 Å². The molecule has 4 aromatic rings. The first-order valence-electron chi connectivity index (χ1n) is 7.98. The second kappa shape index (κ2) is 7.75. The van der Waals surface area contributed by atoms with Crippen molar-refractivity contribution in [2.75, 3.05) is 10.6 Å². The van der Waals surface area contributed by atoms with Crippen molar-refractivity contribution in [2.24, 2.45) is 0 Å². The number of amides is 1. The van der Waals surface area contributed by atoms with E-state index in [0.29, 0.717) is 38.4 Å². The fourth-order valence-electron chi connectivity index (χ4n) is 2.47. The molecule has 0 unspecified atom stereocenters. The van der Waals surface area contributed by atoms with E-state index in [1.165, 1.54) is 12.4 Å². The molecule has 0 saturated heterocycles. The Hall–Kier alpha value is -2.68. The van der Waals surface area contributed by atoms with Crippen LogP contribution in [0.1, 0.15) is 10.5 Å². The minimum Gasteiger partial charge on any atom is -0.323 e. The first kappa shape index (κ1) is 18.7. The Labute approximate surface area is 177 Å². The minimum absolute atomic E-state index is 0.244. The third-order valence-electron chi connectivity index (χ3n) is 3.80. The van der Waals surface area contributed by atoms with Crippen LogP contribution >= 0.6 is 39.1 Å². The van der Waals surface area contributed by atoms with Crippen molar-refractivity contribution in [2.45, 2.75) is 0 Å². The van der Waals surface area contributed by atoms with Crippen molar-refractivity contribution in [1.82, 2.24) is 19.9 Å². The summed E-state index contributed by atoms with van der Waals surface area (Å²) in [6.07, 6.45) is 4.49. The maximum atomic E-state index is 12.4. The first-order chi connectivity index (χ1) is 13.5. The second-order valence-electron chi connectivity index (χ2n) is 5.74. The van der Waals surface area contributed by atoms with Gasteiger partial charge in [-0.3, -0.25) is 9.78 Å². The lowest BCUT2D eigenvalue weighted by Gasteiger charge is -2.06. The van der Waals surface area contributed by atoms with Crippen LogP contribution in [-0.2, 0) is 0 Å². The number of rotatable bonds is 4. The number of H-pyrrole nitrogens is 1. The number of carbonyl (C=O) groups excluding carboxylic acids is 1. The molecule has 4 rings (SSSR count). The summed E-state index contributed by atoms with van der Waals surface area (Å²) >= 11 is 15.6. The predicted molar refractivity (Wildman–Crippen MR) is 114 cm³/mol. The largest absolute Gasteiger partial charge is 0.323 e. The van der Waals surface area contributed by atoms with Gasteiger partial charge in [-0.1, -0.05) is 39.1 Å². The van der Waals surface area contributed by atoms with Crippen LogP contribution in [0.25, 0.3) is 11.0 Å². The van der Waals surface area contributed by atoms with Crippen molar-refractivity contribution in [1.29, 1.82) is 0 Å². The quantitative estimate of drug-likeness (QED) is 0.364. The number of anilines is 3. The van der Waals surface area contributed by atoms with E-state index < -0.39 is 0 Å². The van der Waals surface area contributed by atoms with Crippen LogP contribution < -0.4 is 10.6 Å². The SMILES string of the molecule is O=C(Nc1ccc(Br)cc1)c1cc2nc(Nc3c(Cl)cncc3Cl)[nH]c2cn1. The van der Waals surface area contributed by atoms with Crippen LogP contribution in [0.5, 0.6) is 0 Å². The number of hydrogen-bond acceptors (Lipinski definition) is 5. The van der Waals surface area contributed by atoms with E-state index in [0.717, 1.165) is 4.47 Å². The van der Waals surface area contributed by atoms with Crippen LogP contribution in [0.4, 0.5) is 17.3 Å². The molecule has 28 heavy (non-hydrogen) atoms. The number of carbonyl (C=O) groups is 1. The molecular formula is C18H11BrCl2N6O. The van der Waals surface area contributed by atoms with Crippen LogP contribution in [0, 0.1) is 0 Å². The Morgan fingerprint density at radius 1 is 1.07 bits per heavy atom. The number of hydrogen-bond donors (Lipinski definition) is 3. The molecule has 3 N–H and O–H groups in total. The third kappa shape index (κ3) is 3.94. The standard InChI is InChI=1S/C18H11BrCl2N6O/c19-9-1-3-10(4-2-9)24-17(28)14-5-13-15(8-23-14)26-18(25-13)27-16-11(20)6-22-7-12(16)21/h1-8H,(H,24,28)(H2,22,25,26,27). The molecule has 10 heteroatoms. The molecule has 3 heterocycles. The van der Waals surface area contributed by atoms with Crippen LogP contribution in [0.3, 0.4) is 0 Å². The summed E-state index contributed by atoms with van der Waals surface area (Å²) < 4.78 is 0.927. The number of halogens is 3. The Balaban J connectivity index is 1.57. The van der Waals surface area contributed by atoms with E-state index in [1.807, 2.05) is 12.1 Å². The summed E-state index contributed by atoms with van der Waals surface area (Å²) in [7, 11) is 0. The van der Waals surface area contributed by atoms with E-state index in [-0.39, 0.29) is 11.6 Å². The molecule has 3 aromatic heterocycles. The maximum Gasteiger partial charge on any atom is 0.274 e. The topological polar surface area (TPSA) is 95.6 Å². The highest BCUT2D eigenvalue weighted by molar-refractivity contribution is 9.10. The van der Waals surface area contributed by atoms with Gasteiger partial charge in [0.1, 0.15) is 5.69 Å². The summed E-state index contributed by atoms with van der Waals surface area (Å²) in [5.74, 6) is 0.0826. The zero-order valence-electron chi connectivity index (χ0n) is 14.0. The van der Waals surface area contributed by atoms with Crippen molar-refractivity contribution in [3.8, 4) is 0 Å². The van der Waals surface area contributed by atoms with Gasteiger partial charge in [-0.15, -0.1) is 0 Å². The average Bonchev–Trinajstić information content (AvgIpc) is 3.08. The molecule has 0 saturated carbocycles. The minimum atomic E-state index is -0.332. The number of fused-ring (bicyclic) bond motifs is 1. The molecule has 0 atom stereocenters. The smallest absolute Gasteiger partial charge is 0.274 e. The lowest BCUT2D eigenvalue weighted by atomic mass is 10.3. The summed E-state index contributed by atoms with van der Waals surface area (Å²) in [5, 5.41) is 6.54. The van der Waals surface area contributed by atoms with Crippen molar-refractivity contribution < 1.29 is 4.79 Å². The number of pyridine rings is 2. The first-order valence-corrected chi connectivity index (χ1v) is 9.53. The second-order valence-corrected chi connectivity index (χ2v) is 7.47. The van der Waals surface area contributed by atoms with Crippen LogP contribution in [0.15, 0.2) is 53.4 Å². The molecule has 0 radical (unpaired) electrons. The number of nitrogens with one attached hydrogen (secondary N) is 3. The highest BCUT2D eigenvalue weighted by atomic mass is 79.9. The molecule has 7 nitrogen and oxygen atoms in total. The van der Waals surface area contributed by atoms with Gasteiger partial charge in [0.05, 0.1) is 33.0 Å². The maximum absolute atomic E-state index is 12.4. The van der Waals surface area contributed by atoms with Gasteiger partial charge in [-0.25, -0.2) is 9.97 Å². The number of aromatic amines is 1. The Kier molecular flexibility index (Phi) is 5.17. The summed E-state index contributed by atoms with van der Waals surface area (Å²) in [5.41, 5.74) is 2.62. The van der Waals surface area contributed by atoms with Crippen LogP contribution in [-0.4, -0.2) is 25.8 Å². The number of benzene rings is 1. The zero-order chi connectivity index (χ0) is 19.7. The number of aromatic nitrogens is 4. The van der Waals surface area contributed by atoms with Crippen molar-refractivity contribution in [3.63, 3.8) is 0 Å². The predicted octanol–water partition coefficient (Wildman–Crippen LogP) is 5.42. The van der Waals surface area contributed by atoms with Crippen LogP contribution in [0.2, 0.25) is 10.0 Å². The molecule has 0 bridgehead atoms. The molecular weight excluding hydrogens is 467 g/mol. The molecule has 140 valence electrons. The van der Waals surface area contributed by atoms with Gasteiger partial charge in [-0.2, -0.15) is 0 Å². The molecule has 0 aliphatic heterocycles. The summed E-state index contributed by atoms with van der Waals surface area (Å²) in [4.78, 5) is 28.0. The number of nitrogens with zero attached hydrogens (tertiary/aromatic N) is 3. The highest BCUT2D eigenvalue weighted by Crippen LogP contribution is 2.31. The lowest BCUT2D eigenvalue weighted by Crippen LogP contribution is -2.13. The van der Waals surface area contributed by atoms with Gasteiger partial charge in [0, 0.05) is 22.6 Å². The highest BCUT2D eigenvalue weighted by Gasteiger charge is 2.13. The van der Waals surface area contributed by atoms with Gasteiger partial charge >= 0.3 is 0 Å². The van der Waals surface area contributed by atoms with Crippen molar-refractivity contribution >= 4 is 73.4 Å². The molecule has 0 aliphatic carbocycles. The zero-order valence-corrected chi connectivity index (χ0v) is 17.1. The Bertz CT molecular complexity index is 1160. The van der Waals surface area contributed by atoms with E-state index in [2.05, 4.69) is 46.5 Å². The Morgan fingerprint density at radius 3 is 2.50 bits per heavy atom. The van der Waals surface area contributed by atoms with E-state index in [9.17, 15) is 4.79 Å². The monoisotopic (exact) mass is 476 g/mol. The van der Waals surface area contributed by atoms with E-state index >= 15 is 0 Å². The van der Waals surface area contributed by atoms with Gasteiger partial charge in [-0.05, 0) is 30.3 Å². The molecule has 0 aliphatic rings. The van der Waals surface area contributed by atoms with Gasteiger partial charge < -0.3 is 15.6 Å². The molecule has 1 amide bonds. The molecule has 0 fully saturated rings. The fourth-order valence-corrected chi connectivity index (χ4v) is 3.19. The normalized spacial score (nSPS) is 10.8. The van der Waals surface area contributed by atoms with E-state index in [1.54, 1.807) is 24.4 Å². The van der Waals surface area contributed by atoms with Gasteiger partial charge in [0.15, 0.2) is 0 Å². The molecule has 1 aromatic carbocycles. The molecule has 0 spiro atoms. The number of imidazole rings is 1. The lowest BCUT2D eigenvalue weighted by molar-refractivity contribution is 0.102. The van der Waals surface area contributed by atoms with Gasteiger partial charge in [0.2, 0.25) is 5.95 Å². The fraction of sp³-hybridized carbons (Fsp3) is 0. The Morgan fingerprint density at radius 2 is 1.79 bits per heavy atom. The third-order valence-corrected chi connectivity index (χ3v) is 4.90. The summed E-state index contributed by atoms with van der Waals surface area (Å²) in [6, 6.07) is 8.86. The van der Waals surface area contributed by atoms with Crippen molar-refractivity contribution in [3.05, 3.63) is 69.1 Å².